The lowest BCUT2D eigenvalue weighted by Crippen LogP contribution is -2.40. The van der Waals surface area contributed by atoms with Crippen LogP contribution < -0.4 is 0 Å². The van der Waals surface area contributed by atoms with Crippen LogP contribution in [0.5, 0.6) is 0 Å². The first-order valence-electron chi connectivity index (χ1n) is 9.84. The number of rotatable bonds is 6. The lowest BCUT2D eigenvalue weighted by atomic mass is 10.1. The largest absolute Gasteiger partial charge is 0.333 e. The van der Waals surface area contributed by atoms with E-state index >= 15 is 0 Å². The van der Waals surface area contributed by atoms with Crippen LogP contribution in [0.1, 0.15) is 42.2 Å². The molecule has 6 nitrogen and oxygen atoms in total. The van der Waals surface area contributed by atoms with Crippen LogP contribution in [0.4, 0.5) is 0 Å². The molecule has 1 aliphatic rings. The highest BCUT2D eigenvalue weighted by Crippen LogP contribution is 2.23. The summed E-state index contributed by atoms with van der Waals surface area (Å²) in [5.74, 6) is 2.07. The van der Waals surface area contributed by atoms with Gasteiger partial charge in [-0.3, -0.25) is 9.78 Å². The molecule has 1 amide bonds. The van der Waals surface area contributed by atoms with E-state index in [4.69, 9.17) is 0 Å². The molecule has 0 bridgehead atoms. The molecule has 0 fully saturated rings. The number of fused-ring (bicyclic) bond motifs is 1. The highest BCUT2D eigenvalue weighted by Gasteiger charge is 2.28. The Kier molecular flexibility index (Phi) is 5.46. The Labute approximate surface area is 165 Å². The van der Waals surface area contributed by atoms with Crippen molar-refractivity contribution in [3.05, 3.63) is 77.6 Å². The highest BCUT2D eigenvalue weighted by molar-refractivity contribution is 5.76. The summed E-state index contributed by atoms with van der Waals surface area (Å²) in [4.78, 5) is 18.6. The van der Waals surface area contributed by atoms with E-state index in [1.807, 2.05) is 23.1 Å². The number of nitrogens with zero attached hydrogens (tertiary/aromatic N) is 5. The Morgan fingerprint density at radius 3 is 2.54 bits per heavy atom. The molecule has 0 unspecified atom stereocenters. The van der Waals surface area contributed by atoms with Gasteiger partial charge in [0.1, 0.15) is 5.82 Å². The molecule has 28 heavy (non-hydrogen) atoms. The monoisotopic (exact) mass is 375 g/mol. The zero-order valence-electron chi connectivity index (χ0n) is 16.2. The Morgan fingerprint density at radius 1 is 1.00 bits per heavy atom. The molecule has 0 aliphatic carbocycles. The Balaban J connectivity index is 1.38. The van der Waals surface area contributed by atoms with Gasteiger partial charge >= 0.3 is 0 Å². The minimum Gasteiger partial charge on any atom is -0.333 e. The molecule has 4 rings (SSSR count). The molecule has 0 radical (unpaired) electrons. The molecule has 1 aliphatic heterocycles. The van der Waals surface area contributed by atoms with Crippen LogP contribution >= 0.6 is 0 Å². The number of benzene rings is 1. The molecule has 3 aromatic rings. The van der Waals surface area contributed by atoms with Crippen molar-refractivity contribution < 1.29 is 4.79 Å². The van der Waals surface area contributed by atoms with Crippen molar-refractivity contribution in [2.24, 2.45) is 0 Å². The summed E-state index contributed by atoms with van der Waals surface area (Å²) < 4.78 is 2.22. The third-order valence-electron chi connectivity index (χ3n) is 5.30. The van der Waals surface area contributed by atoms with Crippen molar-refractivity contribution in [3.63, 3.8) is 0 Å². The molecule has 0 spiro atoms. The van der Waals surface area contributed by atoms with Gasteiger partial charge in [-0.1, -0.05) is 30.3 Å². The van der Waals surface area contributed by atoms with Gasteiger partial charge in [0, 0.05) is 31.8 Å². The first-order chi connectivity index (χ1) is 13.7. The zero-order valence-corrected chi connectivity index (χ0v) is 16.2. The van der Waals surface area contributed by atoms with Crippen molar-refractivity contribution in [2.45, 2.75) is 45.2 Å². The molecule has 2 aromatic heterocycles. The van der Waals surface area contributed by atoms with Gasteiger partial charge in [-0.05, 0) is 43.0 Å². The van der Waals surface area contributed by atoms with Gasteiger partial charge in [0.25, 0.3) is 0 Å². The lowest BCUT2D eigenvalue weighted by Gasteiger charge is -2.32. The van der Waals surface area contributed by atoms with Gasteiger partial charge in [-0.2, -0.15) is 0 Å². The molecule has 3 heterocycles. The van der Waals surface area contributed by atoms with E-state index in [-0.39, 0.29) is 11.9 Å². The smallest absolute Gasteiger partial charge is 0.223 e. The predicted octanol–water partition coefficient (Wildman–Crippen LogP) is 2.99. The predicted molar refractivity (Wildman–Crippen MR) is 107 cm³/mol. The quantitative estimate of drug-likeness (QED) is 0.664. The summed E-state index contributed by atoms with van der Waals surface area (Å²) in [6.07, 6.45) is 6.58. The Bertz CT molecular complexity index is 923. The number of carbonyl (C=O) groups is 1. The zero-order chi connectivity index (χ0) is 19.3. The van der Waals surface area contributed by atoms with Gasteiger partial charge in [-0.25, -0.2) is 0 Å². The topological polar surface area (TPSA) is 63.9 Å². The van der Waals surface area contributed by atoms with Crippen LogP contribution in [0.15, 0.2) is 54.9 Å². The lowest BCUT2D eigenvalue weighted by molar-refractivity contribution is -0.133. The van der Waals surface area contributed by atoms with Crippen molar-refractivity contribution in [1.29, 1.82) is 0 Å². The van der Waals surface area contributed by atoms with Crippen molar-refractivity contribution >= 4 is 5.91 Å². The summed E-state index contributed by atoms with van der Waals surface area (Å²) in [6.45, 7) is 3.39. The third-order valence-corrected chi connectivity index (χ3v) is 5.30. The highest BCUT2D eigenvalue weighted by atomic mass is 16.2. The van der Waals surface area contributed by atoms with Crippen LogP contribution in [0.2, 0.25) is 0 Å². The molecule has 1 aromatic carbocycles. The maximum Gasteiger partial charge on any atom is 0.223 e. The maximum absolute atomic E-state index is 12.7. The summed E-state index contributed by atoms with van der Waals surface area (Å²) in [6, 6.07) is 14.5. The summed E-state index contributed by atoms with van der Waals surface area (Å²) in [5, 5.41) is 8.80. The number of hydrogen-bond acceptors (Lipinski definition) is 4. The van der Waals surface area contributed by atoms with E-state index in [0.717, 1.165) is 36.5 Å². The molecule has 1 atom stereocenters. The van der Waals surface area contributed by atoms with E-state index in [1.54, 1.807) is 12.4 Å². The fraction of sp³-hybridized carbons (Fsp3) is 0.364. The Hall–Kier alpha value is -3.02. The molecule has 144 valence electrons. The molecular formula is C22H25N5O. The van der Waals surface area contributed by atoms with E-state index in [9.17, 15) is 4.79 Å². The molecule has 0 saturated heterocycles. The van der Waals surface area contributed by atoms with Gasteiger partial charge < -0.3 is 9.47 Å². The number of amides is 1. The minimum absolute atomic E-state index is 0.170. The average Bonchev–Trinajstić information content (AvgIpc) is 3.15. The molecule has 0 saturated carbocycles. The second kappa shape index (κ2) is 8.33. The van der Waals surface area contributed by atoms with Gasteiger partial charge in [0.2, 0.25) is 5.91 Å². The Morgan fingerprint density at radius 2 is 1.75 bits per heavy atom. The third kappa shape index (κ3) is 4.11. The van der Waals surface area contributed by atoms with Gasteiger partial charge in [-0.15, -0.1) is 10.2 Å². The number of aryl methyl sites for hydroxylation is 3. The minimum atomic E-state index is 0.170. The number of carbonyl (C=O) groups excluding carboxylic acids is 1. The van der Waals surface area contributed by atoms with Crippen LogP contribution in [0, 0.1) is 0 Å². The summed E-state index contributed by atoms with van der Waals surface area (Å²) >= 11 is 0. The van der Waals surface area contributed by atoms with E-state index in [1.165, 1.54) is 5.56 Å². The van der Waals surface area contributed by atoms with Crippen LogP contribution in [0.3, 0.4) is 0 Å². The van der Waals surface area contributed by atoms with Crippen LogP contribution in [0.25, 0.3) is 0 Å². The van der Waals surface area contributed by atoms with Crippen molar-refractivity contribution in [1.82, 2.24) is 24.6 Å². The fourth-order valence-electron chi connectivity index (χ4n) is 3.83. The van der Waals surface area contributed by atoms with Crippen molar-refractivity contribution in [3.8, 4) is 0 Å². The van der Waals surface area contributed by atoms with Gasteiger partial charge in [0.15, 0.2) is 5.82 Å². The second-order valence-electron chi connectivity index (χ2n) is 7.37. The molecule has 0 N–H and O–H groups in total. The van der Waals surface area contributed by atoms with Crippen molar-refractivity contribution in [2.75, 3.05) is 6.54 Å². The average molecular weight is 375 g/mol. The second-order valence-corrected chi connectivity index (χ2v) is 7.37. The van der Waals surface area contributed by atoms with E-state index < -0.39 is 0 Å². The SMILES string of the molecule is C[C@H]1CN(C(=O)CCc2ccncc2)Cc2nnc(CCc3ccccc3)n21. The molecular weight excluding hydrogens is 350 g/mol. The summed E-state index contributed by atoms with van der Waals surface area (Å²) in [7, 11) is 0. The van der Waals surface area contributed by atoms with E-state index in [2.05, 4.69) is 50.9 Å². The fourth-order valence-corrected chi connectivity index (χ4v) is 3.83. The standard InChI is InChI=1S/C22H25N5O/c1-17-15-26(22(28)10-8-19-11-13-23-14-12-19)16-21-25-24-20(27(17)21)9-7-18-5-3-2-4-6-18/h2-6,11-14,17H,7-10,15-16H2,1H3/t17-/m0/s1. The van der Waals surface area contributed by atoms with Gasteiger partial charge in [0.05, 0.1) is 12.6 Å². The first-order valence-corrected chi connectivity index (χ1v) is 9.84. The number of aromatic nitrogens is 4. The van der Waals surface area contributed by atoms with Crippen LogP contribution in [-0.4, -0.2) is 37.1 Å². The number of hydrogen-bond donors (Lipinski definition) is 0. The normalized spacial score (nSPS) is 16.0. The van der Waals surface area contributed by atoms with Crippen LogP contribution in [-0.2, 0) is 30.6 Å². The summed E-state index contributed by atoms with van der Waals surface area (Å²) in [5.41, 5.74) is 2.44. The van der Waals surface area contributed by atoms with E-state index in [0.29, 0.717) is 19.5 Å². The molecule has 6 heteroatoms. The first kappa shape index (κ1) is 18.3. The number of pyridine rings is 1. The maximum atomic E-state index is 12.7.